The first-order valence-corrected chi connectivity index (χ1v) is 9.63. The molecule has 114 valence electrons. The van der Waals surface area contributed by atoms with E-state index in [4.69, 9.17) is 10.7 Å². The number of nitrogens with one attached hydrogen (secondary N) is 1. The molecule has 1 heterocycles. The molecule has 20 heavy (non-hydrogen) atoms. The zero-order valence-corrected chi connectivity index (χ0v) is 14.2. The molecule has 1 unspecified atom stereocenters. The van der Waals surface area contributed by atoms with Crippen LogP contribution in [0.25, 0.3) is 0 Å². The number of halogens is 1. The van der Waals surface area contributed by atoms with E-state index in [1.54, 1.807) is 6.07 Å². The zero-order chi connectivity index (χ0) is 15.3. The molecule has 1 amide bonds. The summed E-state index contributed by atoms with van der Waals surface area (Å²) in [6, 6.07) is 3.18. The monoisotopic (exact) mass is 337 g/mol. The van der Waals surface area contributed by atoms with Gasteiger partial charge in [0.2, 0.25) is 5.91 Å². The van der Waals surface area contributed by atoms with Gasteiger partial charge >= 0.3 is 0 Å². The molecule has 0 spiro atoms. The van der Waals surface area contributed by atoms with E-state index in [2.05, 4.69) is 19.2 Å². The number of hydrogen-bond acceptors (Lipinski definition) is 4. The Morgan fingerprint density at radius 1 is 1.30 bits per heavy atom. The smallest absolute Gasteiger partial charge is 0.270 e. The van der Waals surface area contributed by atoms with Gasteiger partial charge in [0.05, 0.1) is 6.42 Å². The molecule has 0 saturated carbocycles. The lowest BCUT2D eigenvalue weighted by Crippen LogP contribution is -2.33. The van der Waals surface area contributed by atoms with E-state index < -0.39 is 9.05 Å². The highest BCUT2D eigenvalue weighted by atomic mass is 35.7. The van der Waals surface area contributed by atoms with Crippen LogP contribution in [-0.2, 0) is 20.3 Å². The second kappa shape index (κ2) is 7.43. The molecule has 0 aliphatic rings. The van der Waals surface area contributed by atoms with Gasteiger partial charge < -0.3 is 5.32 Å². The molecule has 7 heteroatoms. The minimum absolute atomic E-state index is 0.0785. The predicted octanol–water partition coefficient (Wildman–Crippen LogP) is 3.16. The molecule has 0 aliphatic heterocycles. The van der Waals surface area contributed by atoms with Crippen LogP contribution in [0.2, 0.25) is 0 Å². The van der Waals surface area contributed by atoms with Crippen molar-refractivity contribution in [1.82, 2.24) is 5.32 Å². The van der Waals surface area contributed by atoms with Crippen LogP contribution in [0.15, 0.2) is 16.3 Å². The molecule has 4 nitrogen and oxygen atoms in total. The summed E-state index contributed by atoms with van der Waals surface area (Å²) in [5.41, 5.74) is 0. The quantitative estimate of drug-likeness (QED) is 0.777. The van der Waals surface area contributed by atoms with E-state index in [0.29, 0.717) is 10.8 Å². The standard InChI is InChI=1S/C13H20ClNO3S2/c1-9(2)4-5-10(3)15-12(16)8-11-6-7-13(19-11)20(14,17)18/h6-7,9-10H,4-5,8H2,1-3H3,(H,15,16). The largest absolute Gasteiger partial charge is 0.353 e. The van der Waals surface area contributed by atoms with Gasteiger partial charge in [-0.25, -0.2) is 8.42 Å². The van der Waals surface area contributed by atoms with E-state index in [-0.39, 0.29) is 22.6 Å². The highest BCUT2D eigenvalue weighted by Gasteiger charge is 2.15. The summed E-state index contributed by atoms with van der Waals surface area (Å²) in [5, 5.41) is 2.92. The SMILES string of the molecule is CC(C)CCC(C)NC(=O)Cc1ccc(S(=O)(=O)Cl)s1. The number of hydrogen-bond donors (Lipinski definition) is 1. The average Bonchev–Trinajstić information content (AvgIpc) is 2.74. The molecule has 1 rings (SSSR count). The lowest BCUT2D eigenvalue weighted by Gasteiger charge is -2.14. The summed E-state index contributed by atoms with van der Waals surface area (Å²) in [6.07, 6.45) is 2.19. The molecule has 0 bridgehead atoms. The normalized spacial score (nSPS) is 13.4. The highest BCUT2D eigenvalue weighted by molar-refractivity contribution is 8.15. The second-order valence-corrected chi connectivity index (χ2v) is 9.24. The first-order chi connectivity index (χ1) is 9.18. The maximum atomic E-state index is 11.8. The van der Waals surface area contributed by atoms with Gasteiger partial charge in [0, 0.05) is 21.6 Å². The van der Waals surface area contributed by atoms with Gasteiger partial charge in [-0.1, -0.05) is 13.8 Å². The molecule has 0 radical (unpaired) electrons. The van der Waals surface area contributed by atoms with Gasteiger partial charge in [0.25, 0.3) is 9.05 Å². The Kier molecular flexibility index (Phi) is 6.48. The van der Waals surface area contributed by atoms with Crippen LogP contribution in [0.3, 0.4) is 0 Å². The van der Waals surface area contributed by atoms with E-state index in [1.165, 1.54) is 6.07 Å². The van der Waals surface area contributed by atoms with Crippen LogP contribution >= 0.6 is 22.0 Å². The van der Waals surface area contributed by atoms with Crippen LogP contribution in [0.4, 0.5) is 0 Å². The molecular formula is C13H20ClNO3S2. The predicted molar refractivity (Wildman–Crippen MR) is 82.7 cm³/mol. The van der Waals surface area contributed by atoms with Crippen molar-refractivity contribution in [3.63, 3.8) is 0 Å². The van der Waals surface area contributed by atoms with Crippen molar-refractivity contribution in [2.45, 2.75) is 50.3 Å². The van der Waals surface area contributed by atoms with Crippen LogP contribution < -0.4 is 5.32 Å². The van der Waals surface area contributed by atoms with E-state index in [0.717, 1.165) is 24.2 Å². The summed E-state index contributed by atoms with van der Waals surface area (Å²) >= 11 is 1.03. The minimum Gasteiger partial charge on any atom is -0.353 e. The first kappa shape index (κ1) is 17.5. The highest BCUT2D eigenvalue weighted by Crippen LogP contribution is 2.25. The number of thiophene rings is 1. The summed E-state index contributed by atoms with van der Waals surface area (Å²) < 4.78 is 22.3. The third-order valence-electron chi connectivity index (χ3n) is 2.80. The fraction of sp³-hybridized carbons (Fsp3) is 0.615. The zero-order valence-electron chi connectivity index (χ0n) is 11.8. The van der Waals surface area contributed by atoms with Crippen LogP contribution in [0.5, 0.6) is 0 Å². The molecule has 1 atom stereocenters. The molecule has 0 aromatic carbocycles. The Bertz CT molecular complexity index is 552. The summed E-state index contributed by atoms with van der Waals surface area (Å²) in [7, 11) is 1.55. The maximum absolute atomic E-state index is 11.8. The summed E-state index contributed by atoms with van der Waals surface area (Å²) in [5.74, 6) is 0.518. The lowest BCUT2D eigenvalue weighted by molar-refractivity contribution is -0.121. The van der Waals surface area contributed by atoms with Crippen LogP contribution in [0.1, 0.15) is 38.5 Å². The van der Waals surface area contributed by atoms with Crippen molar-refractivity contribution in [2.75, 3.05) is 0 Å². The molecule has 1 N–H and O–H groups in total. The second-order valence-electron chi connectivity index (χ2n) is 5.28. The molecule has 0 fully saturated rings. The van der Waals surface area contributed by atoms with E-state index in [9.17, 15) is 13.2 Å². The lowest BCUT2D eigenvalue weighted by atomic mass is 10.0. The topological polar surface area (TPSA) is 63.2 Å². The van der Waals surface area contributed by atoms with Gasteiger partial charge in [0.15, 0.2) is 0 Å². The molecule has 0 saturated heterocycles. The van der Waals surface area contributed by atoms with Crippen LogP contribution in [0, 0.1) is 5.92 Å². The summed E-state index contributed by atoms with van der Waals surface area (Å²) in [4.78, 5) is 12.5. The van der Waals surface area contributed by atoms with Gasteiger partial charge in [-0.2, -0.15) is 0 Å². The number of carbonyl (C=O) groups is 1. The Morgan fingerprint density at radius 2 is 1.95 bits per heavy atom. The van der Waals surface area contributed by atoms with Crippen molar-refractivity contribution in [3.8, 4) is 0 Å². The van der Waals surface area contributed by atoms with Crippen molar-refractivity contribution in [3.05, 3.63) is 17.0 Å². The third kappa shape index (κ3) is 6.24. The van der Waals surface area contributed by atoms with Gasteiger partial charge in [-0.3, -0.25) is 4.79 Å². The van der Waals surface area contributed by atoms with Crippen LogP contribution in [-0.4, -0.2) is 20.4 Å². The van der Waals surface area contributed by atoms with E-state index in [1.807, 2.05) is 6.92 Å². The molecule has 0 aliphatic carbocycles. The number of carbonyl (C=O) groups excluding carboxylic acids is 1. The Morgan fingerprint density at radius 3 is 2.45 bits per heavy atom. The Labute approximate surface area is 129 Å². The van der Waals surface area contributed by atoms with Crippen molar-refractivity contribution in [1.29, 1.82) is 0 Å². The fourth-order valence-corrected chi connectivity index (χ4v) is 3.85. The molecule has 1 aromatic rings. The van der Waals surface area contributed by atoms with Crippen molar-refractivity contribution >= 4 is 37.0 Å². The average molecular weight is 338 g/mol. The number of rotatable bonds is 7. The maximum Gasteiger partial charge on any atom is 0.270 e. The third-order valence-corrected chi connectivity index (χ3v) is 5.97. The first-order valence-electron chi connectivity index (χ1n) is 6.51. The Balaban J connectivity index is 2.48. The molecule has 1 aromatic heterocycles. The van der Waals surface area contributed by atoms with Crippen molar-refractivity contribution in [2.24, 2.45) is 5.92 Å². The fourth-order valence-electron chi connectivity index (χ4n) is 1.72. The molecular weight excluding hydrogens is 318 g/mol. The van der Waals surface area contributed by atoms with Gasteiger partial charge in [-0.05, 0) is 37.8 Å². The minimum atomic E-state index is -3.70. The Hall–Kier alpha value is -0.590. The van der Waals surface area contributed by atoms with Crippen molar-refractivity contribution < 1.29 is 13.2 Å². The van der Waals surface area contributed by atoms with E-state index >= 15 is 0 Å². The van der Waals surface area contributed by atoms with Gasteiger partial charge in [-0.15, -0.1) is 11.3 Å². The van der Waals surface area contributed by atoms with Gasteiger partial charge in [0.1, 0.15) is 4.21 Å². The summed E-state index contributed by atoms with van der Waals surface area (Å²) in [6.45, 7) is 6.27. The number of amides is 1.